The lowest BCUT2D eigenvalue weighted by Crippen LogP contribution is -2.36. The summed E-state index contributed by atoms with van der Waals surface area (Å²) in [7, 11) is 0. The van der Waals surface area contributed by atoms with Gasteiger partial charge in [0.15, 0.2) is 17.7 Å². The van der Waals surface area contributed by atoms with Crippen LogP contribution >= 0.6 is 0 Å². The summed E-state index contributed by atoms with van der Waals surface area (Å²) < 4.78 is 0. The summed E-state index contributed by atoms with van der Waals surface area (Å²) in [5, 5.41) is 0. The number of nitrogens with two attached hydrogens (primary N) is 1. The van der Waals surface area contributed by atoms with Crippen molar-refractivity contribution in [3.63, 3.8) is 0 Å². The molecule has 0 bridgehead atoms. The van der Waals surface area contributed by atoms with Crippen molar-refractivity contribution in [2.75, 3.05) is 0 Å². The van der Waals surface area contributed by atoms with Gasteiger partial charge in [-0.1, -0.05) is 0 Å². The molecule has 3 heterocycles. The molecule has 0 aromatic carbocycles. The quantitative estimate of drug-likeness (QED) is 0.710. The predicted octanol–water partition coefficient (Wildman–Crippen LogP) is 0.00800. The van der Waals surface area contributed by atoms with Crippen molar-refractivity contribution >= 4 is 23.8 Å². The zero-order valence-corrected chi connectivity index (χ0v) is 8.28. The van der Waals surface area contributed by atoms with Crippen molar-refractivity contribution in [1.82, 2.24) is 4.98 Å². The molecule has 2 aliphatic rings. The van der Waals surface area contributed by atoms with Gasteiger partial charge in [0.05, 0.1) is 0 Å². The maximum atomic E-state index is 5.80. The second-order valence-electron chi connectivity index (χ2n) is 3.37. The van der Waals surface area contributed by atoms with Crippen molar-refractivity contribution < 1.29 is 0 Å². The lowest BCUT2D eigenvalue weighted by Gasteiger charge is -2.13. The van der Waals surface area contributed by atoms with Crippen molar-refractivity contribution in [3.05, 3.63) is 30.1 Å². The third-order valence-corrected chi connectivity index (χ3v) is 2.31. The normalized spacial score (nSPS) is 22.2. The van der Waals surface area contributed by atoms with E-state index >= 15 is 0 Å². The van der Waals surface area contributed by atoms with E-state index in [4.69, 9.17) is 5.73 Å². The Labute approximate surface area is 91.4 Å². The van der Waals surface area contributed by atoms with Crippen LogP contribution in [0.2, 0.25) is 0 Å². The minimum atomic E-state index is -0.305. The van der Waals surface area contributed by atoms with E-state index in [2.05, 4.69) is 25.0 Å². The highest BCUT2D eigenvalue weighted by atomic mass is 15.2. The molecular formula is C10H8N6. The number of fused-ring (bicyclic) bond motifs is 1. The molecule has 1 aromatic heterocycles. The van der Waals surface area contributed by atoms with Crippen LogP contribution in [0.15, 0.2) is 44.5 Å². The van der Waals surface area contributed by atoms with Crippen LogP contribution in [0.25, 0.3) is 0 Å². The summed E-state index contributed by atoms with van der Waals surface area (Å²) in [6.45, 7) is 0. The molecule has 0 saturated carbocycles. The van der Waals surface area contributed by atoms with Gasteiger partial charge in [-0.2, -0.15) is 0 Å². The maximum Gasteiger partial charge on any atom is 0.168 e. The van der Waals surface area contributed by atoms with E-state index in [-0.39, 0.29) is 6.04 Å². The van der Waals surface area contributed by atoms with Crippen LogP contribution in [-0.2, 0) is 0 Å². The molecule has 2 N–H and O–H groups in total. The van der Waals surface area contributed by atoms with E-state index in [0.29, 0.717) is 17.5 Å². The Morgan fingerprint density at radius 3 is 3.00 bits per heavy atom. The van der Waals surface area contributed by atoms with Crippen LogP contribution in [0.5, 0.6) is 0 Å². The van der Waals surface area contributed by atoms with E-state index in [1.165, 1.54) is 6.34 Å². The zero-order chi connectivity index (χ0) is 11.0. The van der Waals surface area contributed by atoms with Gasteiger partial charge in [-0.3, -0.25) is 9.98 Å². The Balaban J connectivity index is 2.05. The molecule has 1 aromatic rings. The smallest absolute Gasteiger partial charge is 0.168 e. The average molecular weight is 212 g/mol. The van der Waals surface area contributed by atoms with Gasteiger partial charge in [-0.05, 0) is 12.1 Å². The summed E-state index contributed by atoms with van der Waals surface area (Å²) in [6, 6.07) is 3.39. The van der Waals surface area contributed by atoms with Gasteiger partial charge in [-0.15, -0.1) is 0 Å². The summed E-state index contributed by atoms with van der Waals surface area (Å²) in [4.78, 5) is 20.6. The van der Waals surface area contributed by atoms with Gasteiger partial charge in [0.1, 0.15) is 12.2 Å². The molecule has 0 saturated heterocycles. The average Bonchev–Trinajstić information content (AvgIpc) is 2.79. The molecule has 3 rings (SSSR count). The largest absolute Gasteiger partial charge is 0.385 e. The number of hydrogen-bond acceptors (Lipinski definition) is 6. The van der Waals surface area contributed by atoms with Crippen LogP contribution < -0.4 is 5.73 Å². The van der Waals surface area contributed by atoms with Gasteiger partial charge in [0, 0.05) is 18.0 Å². The van der Waals surface area contributed by atoms with Crippen LogP contribution in [0.1, 0.15) is 5.56 Å². The summed E-state index contributed by atoms with van der Waals surface area (Å²) in [6.07, 6.45) is 4.84. The lowest BCUT2D eigenvalue weighted by molar-refractivity contribution is 1.11. The number of pyridine rings is 1. The fourth-order valence-electron chi connectivity index (χ4n) is 1.54. The van der Waals surface area contributed by atoms with Crippen molar-refractivity contribution in [2.45, 2.75) is 6.04 Å². The molecule has 6 heteroatoms. The zero-order valence-electron chi connectivity index (χ0n) is 8.28. The number of hydrogen-bond donors (Lipinski definition) is 1. The first kappa shape index (κ1) is 8.90. The second-order valence-corrected chi connectivity index (χ2v) is 3.37. The minimum absolute atomic E-state index is 0.305. The minimum Gasteiger partial charge on any atom is -0.385 e. The van der Waals surface area contributed by atoms with Gasteiger partial charge in [-0.25, -0.2) is 15.0 Å². The number of nitrogens with zero attached hydrogens (tertiary/aromatic N) is 5. The summed E-state index contributed by atoms with van der Waals surface area (Å²) in [5.41, 5.74) is 6.62. The molecule has 78 valence electrons. The molecular weight excluding hydrogens is 204 g/mol. The Morgan fingerprint density at radius 2 is 2.19 bits per heavy atom. The van der Waals surface area contributed by atoms with Gasteiger partial charge < -0.3 is 5.73 Å². The van der Waals surface area contributed by atoms with Gasteiger partial charge >= 0.3 is 0 Å². The number of amidine groups is 3. The molecule has 1 unspecified atom stereocenters. The van der Waals surface area contributed by atoms with E-state index in [1.807, 2.05) is 12.1 Å². The first-order chi connectivity index (χ1) is 7.84. The van der Waals surface area contributed by atoms with E-state index in [1.54, 1.807) is 12.4 Å². The van der Waals surface area contributed by atoms with Crippen LogP contribution in [0.3, 0.4) is 0 Å². The number of rotatable bonds is 1. The molecule has 0 fully saturated rings. The first-order valence-electron chi connectivity index (χ1n) is 4.77. The highest BCUT2D eigenvalue weighted by Gasteiger charge is 2.27. The van der Waals surface area contributed by atoms with Crippen LogP contribution in [0, 0.1) is 0 Å². The van der Waals surface area contributed by atoms with Gasteiger partial charge in [0.2, 0.25) is 0 Å². The van der Waals surface area contributed by atoms with E-state index < -0.39 is 0 Å². The van der Waals surface area contributed by atoms with E-state index in [9.17, 15) is 0 Å². The highest BCUT2D eigenvalue weighted by molar-refractivity contribution is 6.25. The first-order valence-corrected chi connectivity index (χ1v) is 4.77. The Bertz CT molecular complexity index is 540. The second kappa shape index (κ2) is 3.34. The Kier molecular flexibility index (Phi) is 1.86. The Hall–Kier alpha value is -2.37. The monoisotopic (exact) mass is 212 g/mol. The SMILES string of the molecule is NC1=NC(c2cccnc2)=NC2=NC=NC12. The fraction of sp³-hybridized carbons (Fsp3) is 0.100. The third kappa shape index (κ3) is 1.31. The molecule has 16 heavy (non-hydrogen) atoms. The van der Waals surface area contributed by atoms with Crippen molar-refractivity contribution in [1.29, 1.82) is 0 Å². The summed E-state index contributed by atoms with van der Waals surface area (Å²) >= 11 is 0. The molecule has 6 nitrogen and oxygen atoms in total. The number of aliphatic imine (C=N–C) groups is 4. The highest BCUT2D eigenvalue weighted by Crippen LogP contribution is 2.12. The summed E-state index contributed by atoms with van der Waals surface area (Å²) in [5.74, 6) is 1.54. The molecule has 0 spiro atoms. The topological polar surface area (TPSA) is 88.3 Å². The van der Waals surface area contributed by atoms with Crippen molar-refractivity contribution in [2.24, 2.45) is 25.7 Å². The maximum absolute atomic E-state index is 5.80. The number of aromatic nitrogens is 1. The molecule has 2 aliphatic heterocycles. The molecule has 0 aliphatic carbocycles. The predicted molar refractivity (Wildman–Crippen MR) is 62.1 cm³/mol. The van der Waals surface area contributed by atoms with Gasteiger partial charge in [0.25, 0.3) is 0 Å². The molecule has 0 radical (unpaired) electrons. The van der Waals surface area contributed by atoms with Crippen LogP contribution in [0.4, 0.5) is 0 Å². The lowest BCUT2D eigenvalue weighted by atomic mass is 10.2. The van der Waals surface area contributed by atoms with Crippen LogP contribution in [-0.4, -0.2) is 34.9 Å². The Morgan fingerprint density at radius 1 is 1.25 bits per heavy atom. The standard InChI is InChI=1S/C10H8N6/c11-8-7-10(14-5-13-7)16-9(15-8)6-2-1-3-12-4-6/h1-5,7H,(H2,11,13,14,15,16). The molecule has 1 atom stereocenters. The van der Waals surface area contributed by atoms with E-state index in [0.717, 1.165) is 5.56 Å². The third-order valence-electron chi connectivity index (χ3n) is 2.31. The fourth-order valence-corrected chi connectivity index (χ4v) is 1.54. The molecule has 0 amide bonds. The van der Waals surface area contributed by atoms with Crippen molar-refractivity contribution in [3.8, 4) is 0 Å².